The van der Waals surface area contributed by atoms with Crippen LogP contribution >= 0.6 is 15.9 Å². The van der Waals surface area contributed by atoms with Crippen LogP contribution in [0.25, 0.3) is 0 Å². The number of aromatic nitrogens is 1. The SMILES string of the molecule is C#CCc1cc(C(F)(F)F)cc(Br)n1. The van der Waals surface area contributed by atoms with E-state index in [1.807, 2.05) is 0 Å². The number of nitrogens with zero attached hydrogens (tertiary/aromatic N) is 1. The van der Waals surface area contributed by atoms with Crippen LogP contribution in [0.4, 0.5) is 13.2 Å². The van der Waals surface area contributed by atoms with E-state index in [-0.39, 0.29) is 16.7 Å². The summed E-state index contributed by atoms with van der Waals surface area (Å²) in [5, 5.41) is 0. The predicted octanol–water partition coefficient (Wildman–Crippen LogP) is 3.04. The molecule has 0 N–H and O–H groups in total. The minimum absolute atomic E-state index is 0.0858. The third-order valence-corrected chi connectivity index (χ3v) is 1.86. The van der Waals surface area contributed by atoms with Gasteiger partial charge < -0.3 is 0 Å². The van der Waals surface area contributed by atoms with Crippen LogP contribution in [-0.2, 0) is 12.6 Å². The maximum absolute atomic E-state index is 12.3. The Bertz CT molecular complexity index is 379. The van der Waals surface area contributed by atoms with Gasteiger partial charge in [0, 0.05) is 0 Å². The van der Waals surface area contributed by atoms with Gasteiger partial charge in [-0.2, -0.15) is 13.2 Å². The monoisotopic (exact) mass is 263 g/mol. The number of hydrogen-bond donors (Lipinski definition) is 0. The Balaban J connectivity index is 3.15. The number of terminal acetylenes is 1. The Hall–Kier alpha value is -1.02. The van der Waals surface area contributed by atoms with Crippen LogP contribution < -0.4 is 0 Å². The summed E-state index contributed by atoms with van der Waals surface area (Å²) in [6.45, 7) is 0. The number of rotatable bonds is 1. The van der Waals surface area contributed by atoms with E-state index in [1.54, 1.807) is 0 Å². The Morgan fingerprint density at radius 3 is 2.57 bits per heavy atom. The Kier molecular flexibility index (Phi) is 3.17. The van der Waals surface area contributed by atoms with Crippen LogP contribution in [0.2, 0.25) is 0 Å². The molecule has 0 spiro atoms. The van der Waals surface area contributed by atoms with Crippen LogP contribution in [0.5, 0.6) is 0 Å². The molecule has 0 aliphatic rings. The van der Waals surface area contributed by atoms with E-state index in [4.69, 9.17) is 6.42 Å². The van der Waals surface area contributed by atoms with Crippen molar-refractivity contribution in [3.63, 3.8) is 0 Å². The molecule has 1 heterocycles. The third kappa shape index (κ3) is 2.74. The van der Waals surface area contributed by atoms with Crippen molar-refractivity contribution in [2.24, 2.45) is 0 Å². The van der Waals surface area contributed by atoms with Crippen molar-refractivity contribution >= 4 is 15.9 Å². The Morgan fingerprint density at radius 1 is 1.43 bits per heavy atom. The van der Waals surface area contributed by atoms with E-state index in [0.29, 0.717) is 0 Å². The molecule has 0 fully saturated rings. The van der Waals surface area contributed by atoms with Gasteiger partial charge in [0.1, 0.15) is 4.60 Å². The molecule has 5 heteroatoms. The van der Waals surface area contributed by atoms with Crippen molar-refractivity contribution in [2.45, 2.75) is 12.6 Å². The fourth-order valence-electron chi connectivity index (χ4n) is 0.910. The molecule has 0 amide bonds. The van der Waals surface area contributed by atoms with Gasteiger partial charge in [0.05, 0.1) is 17.7 Å². The number of alkyl halides is 3. The molecule has 1 aromatic heterocycles. The van der Waals surface area contributed by atoms with E-state index in [0.717, 1.165) is 12.1 Å². The van der Waals surface area contributed by atoms with Gasteiger partial charge in [0.25, 0.3) is 0 Å². The fraction of sp³-hybridized carbons (Fsp3) is 0.222. The highest BCUT2D eigenvalue weighted by Crippen LogP contribution is 2.30. The van der Waals surface area contributed by atoms with Crippen molar-refractivity contribution in [3.05, 3.63) is 28.0 Å². The standard InChI is InChI=1S/C9H5BrF3N/c1-2-3-7-4-6(9(11,12)13)5-8(10)14-7/h1,4-5H,3H2. The smallest absolute Gasteiger partial charge is 0.245 e. The minimum Gasteiger partial charge on any atom is -0.245 e. The topological polar surface area (TPSA) is 12.9 Å². The Labute approximate surface area is 87.5 Å². The van der Waals surface area contributed by atoms with Crippen molar-refractivity contribution in [2.75, 3.05) is 0 Å². The summed E-state index contributed by atoms with van der Waals surface area (Å²) < 4.78 is 37.0. The molecule has 0 unspecified atom stereocenters. The molecule has 0 saturated carbocycles. The zero-order valence-electron chi connectivity index (χ0n) is 6.90. The quantitative estimate of drug-likeness (QED) is 0.561. The summed E-state index contributed by atoms with van der Waals surface area (Å²) in [7, 11) is 0. The average Bonchev–Trinajstić information content (AvgIpc) is 2.02. The molecule has 0 radical (unpaired) electrons. The summed E-state index contributed by atoms with van der Waals surface area (Å²) >= 11 is 2.90. The number of hydrogen-bond acceptors (Lipinski definition) is 1. The third-order valence-electron chi connectivity index (χ3n) is 1.46. The zero-order valence-corrected chi connectivity index (χ0v) is 8.48. The second-order valence-electron chi connectivity index (χ2n) is 2.55. The lowest BCUT2D eigenvalue weighted by atomic mass is 10.2. The molecular weight excluding hydrogens is 259 g/mol. The van der Waals surface area contributed by atoms with Crippen LogP contribution in [0.3, 0.4) is 0 Å². The van der Waals surface area contributed by atoms with Crippen LogP contribution in [0.1, 0.15) is 11.3 Å². The molecule has 0 atom stereocenters. The van der Waals surface area contributed by atoms with Crippen LogP contribution in [0.15, 0.2) is 16.7 Å². The molecule has 74 valence electrons. The van der Waals surface area contributed by atoms with E-state index in [1.165, 1.54) is 0 Å². The highest BCUT2D eigenvalue weighted by atomic mass is 79.9. The summed E-state index contributed by atoms with van der Waals surface area (Å²) in [6.07, 6.45) is 0.703. The van der Waals surface area contributed by atoms with Gasteiger partial charge in [0.2, 0.25) is 0 Å². The maximum Gasteiger partial charge on any atom is 0.416 e. The average molecular weight is 264 g/mol. The lowest BCUT2D eigenvalue weighted by molar-refractivity contribution is -0.137. The van der Waals surface area contributed by atoms with Crippen LogP contribution in [-0.4, -0.2) is 4.98 Å². The van der Waals surface area contributed by atoms with E-state index >= 15 is 0 Å². The normalized spacial score (nSPS) is 11.1. The second-order valence-corrected chi connectivity index (χ2v) is 3.36. The van der Waals surface area contributed by atoms with Crippen LogP contribution in [0, 0.1) is 12.3 Å². The van der Waals surface area contributed by atoms with Crippen molar-refractivity contribution in [3.8, 4) is 12.3 Å². The fourth-order valence-corrected chi connectivity index (χ4v) is 1.38. The van der Waals surface area contributed by atoms with Crippen molar-refractivity contribution in [1.29, 1.82) is 0 Å². The summed E-state index contributed by atoms with van der Waals surface area (Å²) in [5.74, 6) is 2.24. The van der Waals surface area contributed by atoms with E-state index in [2.05, 4.69) is 26.8 Å². The van der Waals surface area contributed by atoms with Crippen molar-refractivity contribution in [1.82, 2.24) is 4.98 Å². The summed E-state index contributed by atoms with van der Waals surface area (Å²) in [6, 6.07) is 1.87. The second kappa shape index (κ2) is 4.01. The lowest BCUT2D eigenvalue weighted by Gasteiger charge is -2.07. The number of pyridine rings is 1. The molecule has 1 rings (SSSR count). The minimum atomic E-state index is -4.37. The maximum atomic E-state index is 12.3. The molecule has 0 saturated heterocycles. The van der Waals surface area contributed by atoms with Gasteiger partial charge in [-0.15, -0.1) is 12.3 Å². The largest absolute Gasteiger partial charge is 0.416 e. The Morgan fingerprint density at radius 2 is 2.07 bits per heavy atom. The lowest BCUT2D eigenvalue weighted by Crippen LogP contribution is -2.06. The zero-order chi connectivity index (χ0) is 10.8. The summed E-state index contributed by atoms with van der Waals surface area (Å²) in [5.41, 5.74) is -0.515. The van der Waals surface area contributed by atoms with Gasteiger partial charge in [-0.3, -0.25) is 0 Å². The highest BCUT2D eigenvalue weighted by molar-refractivity contribution is 9.10. The molecule has 0 aromatic carbocycles. The highest BCUT2D eigenvalue weighted by Gasteiger charge is 2.31. The first-order chi connectivity index (χ1) is 6.43. The van der Waals surface area contributed by atoms with Gasteiger partial charge in [0.15, 0.2) is 0 Å². The molecular formula is C9H5BrF3N. The van der Waals surface area contributed by atoms with Gasteiger partial charge >= 0.3 is 6.18 Å². The van der Waals surface area contributed by atoms with Crippen molar-refractivity contribution < 1.29 is 13.2 Å². The first kappa shape index (κ1) is 11.1. The van der Waals surface area contributed by atoms with Gasteiger partial charge in [-0.1, -0.05) is 0 Å². The molecule has 0 aliphatic heterocycles. The molecule has 1 nitrogen and oxygen atoms in total. The number of halogens is 4. The molecule has 0 bridgehead atoms. The van der Waals surface area contributed by atoms with Gasteiger partial charge in [-0.05, 0) is 28.1 Å². The van der Waals surface area contributed by atoms with E-state index in [9.17, 15) is 13.2 Å². The first-order valence-corrected chi connectivity index (χ1v) is 4.40. The van der Waals surface area contributed by atoms with E-state index < -0.39 is 11.7 Å². The predicted molar refractivity (Wildman–Crippen MR) is 49.5 cm³/mol. The molecule has 1 aromatic rings. The summed E-state index contributed by atoms with van der Waals surface area (Å²) in [4.78, 5) is 3.81. The first-order valence-electron chi connectivity index (χ1n) is 3.60. The molecule has 14 heavy (non-hydrogen) atoms. The molecule has 0 aliphatic carbocycles. The van der Waals surface area contributed by atoms with Gasteiger partial charge in [-0.25, -0.2) is 4.98 Å².